The molecular formula is C15H17F3N2OS2. The molecule has 2 heterocycles. The standard InChI is InChI=1S/C15H17F3N2OS2/c1-3-4-7-20(9-15(16,17)18)14(21)12-10(2)19-13(23-12)11-6-5-8-22-11/h5-6,8H,3-4,7,9H2,1-2H3. The number of hydrogen-bond donors (Lipinski definition) is 0. The molecule has 0 aromatic carbocycles. The average Bonchev–Trinajstić information content (AvgIpc) is 3.10. The summed E-state index contributed by atoms with van der Waals surface area (Å²) in [7, 11) is 0. The van der Waals surface area contributed by atoms with Gasteiger partial charge in [-0.2, -0.15) is 13.2 Å². The van der Waals surface area contributed by atoms with Crippen LogP contribution in [0.15, 0.2) is 17.5 Å². The first-order chi connectivity index (χ1) is 10.8. The molecule has 1 amide bonds. The molecule has 8 heteroatoms. The number of halogens is 3. The number of carbonyl (C=O) groups is 1. The van der Waals surface area contributed by atoms with Crippen LogP contribution < -0.4 is 0 Å². The Morgan fingerprint density at radius 2 is 2.13 bits per heavy atom. The molecule has 2 rings (SSSR count). The van der Waals surface area contributed by atoms with Gasteiger partial charge < -0.3 is 4.90 Å². The SMILES string of the molecule is CCCCN(CC(F)(F)F)C(=O)c1sc(-c2cccs2)nc1C. The third-order valence-electron chi connectivity index (χ3n) is 3.16. The second kappa shape index (κ2) is 7.44. The molecule has 0 aliphatic heterocycles. The molecule has 0 atom stereocenters. The summed E-state index contributed by atoms with van der Waals surface area (Å²) >= 11 is 2.64. The van der Waals surface area contributed by atoms with Crippen molar-refractivity contribution in [3.05, 3.63) is 28.1 Å². The van der Waals surface area contributed by atoms with Crippen LogP contribution in [0.1, 0.15) is 35.1 Å². The zero-order valence-electron chi connectivity index (χ0n) is 12.8. The lowest BCUT2D eigenvalue weighted by molar-refractivity contribution is -0.140. The number of amides is 1. The van der Waals surface area contributed by atoms with Crippen LogP contribution in [0.3, 0.4) is 0 Å². The minimum Gasteiger partial charge on any atom is -0.329 e. The molecule has 126 valence electrons. The van der Waals surface area contributed by atoms with Gasteiger partial charge in [-0.3, -0.25) is 4.79 Å². The highest BCUT2D eigenvalue weighted by Gasteiger charge is 2.34. The van der Waals surface area contributed by atoms with E-state index in [0.29, 0.717) is 17.1 Å². The first-order valence-electron chi connectivity index (χ1n) is 7.19. The molecule has 0 saturated heterocycles. The third-order valence-corrected chi connectivity index (χ3v) is 5.35. The number of nitrogens with zero attached hydrogens (tertiary/aromatic N) is 2. The lowest BCUT2D eigenvalue weighted by atomic mass is 10.2. The Balaban J connectivity index is 2.25. The number of thiazole rings is 1. The van der Waals surface area contributed by atoms with E-state index < -0.39 is 18.6 Å². The molecule has 23 heavy (non-hydrogen) atoms. The van der Waals surface area contributed by atoms with E-state index in [0.717, 1.165) is 27.5 Å². The zero-order valence-corrected chi connectivity index (χ0v) is 14.4. The molecule has 2 aromatic heterocycles. The van der Waals surface area contributed by atoms with Gasteiger partial charge in [0.25, 0.3) is 5.91 Å². The van der Waals surface area contributed by atoms with Crippen LogP contribution in [0.25, 0.3) is 9.88 Å². The van der Waals surface area contributed by atoms with Crippen molar-refractivity contribution < 1.29 is 18.0 Å². The number of rotatable bonds is 6. The lowest BCUT2D eigenvalue weighted by Crippen LogP contribution is -2.39. The van der Waals surface area contributed by atoms with Gasteiger partial charge in [-0.05, 0) is 24.8 Å². The molecule has 0 aliphatic rings. The van der Waals surface area contributed by atoms with Crippen LogP contribution in [-0.4, -0.2) is 35.1 Å². The third kappa shape index (κ3) is 4.78. The van der Waals surface area contributed by atoms with Crippen molar-refractivity contribution in [2.45, 2.75) is 32.9 Å². The summed E-state index contributed by atoms with van der Waals surface area (Å²) in [6.07, 6.45) is -3.14. The minimum absolute atomic E-state index is 0.0977. The van der Waals surface area contributed by atoms with Crippen molar-refractivity contribution in [2.24, 2.45) is 0 Å². The Labute approximate surface area is 140 Å². The summed E-state index contributed by atoms with van der Waals surface area (Å²) in [6.45, 7) is 2.41. The van der Waals surface area contributed by atoms with Crippen LogP contribution in [0.4, 0.5) is 13.2 Å². The Morgan fingerprint density at radius 3 is 2.70 bits per heavy atom. The van der Waals surface area contributed by atoms with Crippen molar-refractivity contribution in [1.82, 2.24) is 9.88 Å². The van der Waals surface area contributed by atoms with E-state index in [9.17, 15) is 18.0 Å². The first-order valence-corrected chi connectivity index (χ1v) is 8.88. The van der Waals surface area contributed by atoms with Crippen LogP contribution in [0.5, 0.6) is 0 Å². The minimum atomic E-state index is -4.40. The first kappa shape index (κ1) is 17.9. The predicted molar refractivity (Wildman–Crippen MR) is 87.0 cm³/mol. The fraction of sp³-hybridized carbons (Fsp3) is 0.467. The zero-order chi connectivity index (χ0) is 17.0. The van der Waals surface area contributed by atoms with E-state index in [1.54, 1.807) is 6.92 Å². The molecule has 2 aromatic rings. The molecule has 0 N–H and O–H groups in total. The molecule has 0 saturated carbocycles. The second-order valence-corrected chi connectivity index (χ2v) is 7.05. The molecule has 0 unspecified atom stereocenters. The number of alkyl halides is 3. The quantitative estimate of drug-likeness (QED) is 0.726. The Kier molecular flexibility index (Phi) is 5.80. The van der Waals surface area contributed by atoms with E-state index in [2.05, 4.69) is 4.98 Å². The smallest absolute Gasteiger partial charge is 0.329 e. The Morgan fingerprint density at radius 1 is 1.39 bits per heavy atom. The monoisotopic (exact) mass is 362 g/mol. The largest absolute Gasteiger partial charge is 0.406 e. The fourth-order valence-corrected chi connectivity index (χ4v) is 3.89. The molecule has 0 fully saturated rings. The van der Waals surface area contributed by atoms with Gasteiger partial charge in [0.1, 0.15) is 16.4 Å². The molecule has 0 aliphatic carbocycles. The lowest BCUT2D eigenvalue weighted by Gasteiger charge is -2.23. The predicted octanol–water partition coefficient (Wildman–Crippen LogP) is 4.98. The highest BCUT2D eigenvalue weighted by atomic mass is 32.1. The van der Waals surface area contributed by atoms with Gasteiger partial charge in [-0.1, -0.05) is 19.4 Å². The molecule has 0 radical (unpaired) electrons. The van der Waals surface area contributed by atoms with E-state index in [1.807, 2.05) is 24.4 Å². The van der Waals surface area contributed by atoms with Gasteiger partial charge in [0.2, 0.25) is 0 Å². The summed E-state index contributed by atoms with van der Waals surface area (Å²) < 4.78 is 38.2. The number of aromatic nitrogens is 1. The normalized spacial score (nSPS) is 11.7. The van der Waals surface area contributed by atoms with Gasteiger partial charge in [0.15, 0.2) is 0 Å². The molecule has 3 nitrogen and oxygen atoms in total. The number of carbonyl (C=O) groups excluding carboxylic acids is 1. The summed E-state index contributed by atoms with van der Waals surface area (Å²) in [5, 5.41) is 2.56. The van der Waals surface area contributed by atoms with E-state index in [4.69, 9.17) is 0 Å². The Bertz CT molecular complexity index is 650. The summed E-state index contributed by atoms with van der Waals surface area (Å²) in [5.74, 6) is -0.589. The van der Waals surface area contributed by atoms with Crippen LogP contribution in [0, 0.1) is 6.92 Å². The summed E-state index contributed by atoms with van der Waals surface area (Å²) in [6, 6.07) is 3.75. The average molecular weight is 362 g/mol. The molecule has 0 bridgehead atoms. The fourth-order valence-electron chi connectivity index (χ4n) is 2.06. The van der Waals surface area contributed by atoms with Crippen LogP contribution >= 0.6 is 22.7 Å². The van der Waals surface area contributed by atoms with Gasteiger partial charge in [0, 0.05) is 6.54 Å². The topological polar surface area (TPSA) is 33.2 Å². The van der Waals surface area contributed by atoms with Crippen LogP contribution in [-0.2, 0) is 0 Å². The van der Waals surface area contributed by atoms with Gasteiger partial charge in [-0.25, -0.2) is 4.98 Å². The number of aryl methyl sites for hydroxylation is 1. The molecular weight excluding hydrogens is 345 g/mol. The van der Waals surface area contributed by atoms with E-state index in [1.165, 1.54) is 11.3 Å². The number of unbranched alkanes of at least 4 members (excludes halogenated alkanes) is 1. The van der Waals surface area contributed by atoms with Crippen molar-refractivity contribution in [3.63, 3.8) is 0 Å². The molecule has 0 spiro atoms. The Hall–Kier alpha value is -1.41. The highest BCUT2D eigenvalue weighted by Crippen LogP contribution is 2.32. The van der Waals surface area contributed by atoms with Crippen LogP contribution in [0.2, 0.25) is 0 Å². The maximum atomic E-state index is 12.7. The highest BCUT2D eigenvalue weighted by molar-refractivity contribution is 7.22. The van der Waals surface area contributed by atoms with Crippen molar-refractivity contribution in [3.8, 4) is 9.88 Å². The maximum Gasteiger partial charge on any atom is 0.406 e. The number of thiophene rings is 1. The van der Waals surface area contributed by atoms with Crippen molar-refractivity contribution in [2.75, 3.05) is 13.1 Å². The second-order valence-electron chi connectivity index (χ2n) is 5.11. The van der Waals surface area contributed by atoms with E-state index in [-0.39, 0.29) is 11.4 Å². The van der Waals surface area contributed by atoms with E-state index >= 15 is 0 Å². The summed E-state index contributed by atoms with van der Waals surface area (Å²) in [4.78, 5) is 18.9. The van der Waals surface area contributed by atoms with Gasteiger partial charge >= 0.3 is 6.18 Å². The number of hydrogen-bond acceptors (Lipinski definition) is 4. The maximum absolute atomic E-state index is 12.7. The van der Waals surface area contributed by atoms with Gasteiger partial charge in [-0.15, -0.1) is 22.7 Å². The van der Waals surface area contributed by atoms with Crippen molar-refractivity contribution in [1.29, 1.82) is 0 Å². The summed E-state index contributed by atoms with van der Waals surface area (Å²) in [5.41, 5.74) is 0.479. The van der Waals surface area contributed by atoms with Crippen molar-refractivity contribution >= 4 is 28.6 Å². The van der Waals surface area contributed by atoms with Gasteiger partial charge in [0.05, 0.1) is 10.6 Å².